The fourth-order valence-corrected chi connectivity index (χ4v) is 5.22. The molecule has 35 heavy (non-hydrogen) atoms. The van der Waals surface area contributed by atoms with Crippen molar-refractivity contribution in [1.82, 2.24) is 19.9 Å². The van der Waals surface area contributed by atoms with Gasteiger partial charge >= 0.3 is 0 Å². The Kier molecular flexibility index (Phi) is 6.56. The average Bonchev–Trinajstić information content (AvgIpc) is 3.51. The van der Waals surface area contributed by atoms with E-state index in [0.29, 0.717) is 36.1 Å². The highest BCUT2D eigenvalue weighted by Crippen LogP contribution is 2.30. The van der Waals surface area contributed by atoms with Gasteiger partial charge < -0.3 is 9.42 Å². The molecule has 0 saturated carbocycles. The number of rotatable bonds is 7. The second-order valence-corrected chi connectivity index (χ2v) is 9.79. The normalized spacial score (nSPS) is 14.5. The summed E-state index contributed by atoms with van der Waals surface area (Å²) in [7, 11) is 0. The first kappa shape index (κ1) is 23.1. The second kappa shape index (κ2) is 9.93. The first-order chi connectivity index (χ1) is 17.0. The van der Waals surface area contributed by atoms with Gasteiger partial charge in [0, 0.05) is 60.4 Å². The summed E-state index contributed by atoms with van der Waals surface area (Å²) in [6.45, 7) is 5.87. The zero-order chi connectivity index (χ0) is 24.4. The van der Waals surface area contributed by atoms with Gasteiger partial charge in [-0.15, -0.1) is 11.3 Å². The predicted octanol–water partition coefficient (Wildman–Crippen LogP) is 4.56. The number of non-ortho nitro benzene ring substituents is 1. The van der Waals surface area contributed by atoms with Crippen LogP contribution in [0.25, 0.3) is 21.5 Å². The molecule has 2 aromatic heterocycles. The number of piperazine rings is 1. The van der Waals surface area contributed by atoms with Gasteiger partial charge in [0.25, 0.3) is 11.6 Å². The predicted molar refractivity (Wildman–Crippen MR) is 134 cm³/mol. The zero-order valence-electron chi connectivity index (χ0n) is 19.3. The lowest BCUT2D eigenvalue weighted by molar-refractivity contribution is -0.384. The second-order valence-electron chi connectivity index (χ2n) is 8.71. The van der Waals surface area contributed by atoms with Crippen LogP contribution in [-0.2, 0) is 6.42 Å². The van der Waals surface area contributed by atoms with Crippen LogP contribution in [0.3, 0.4) is 0 Å². The van der Waals surface area contributed by atoms with Crippen LogP contribution in [0, 0.1) is 17.0 Å². The summed E-state index contributed by atoms with van der Waals surface area (Å²) in [6.07, 6.45) is 1.62. The van der Waals surface area contributed by atoms with Gasteiger partial charge in [0.05, 0.1) is 9.80 Å². The summed E-state index contributed by atoms with van der Waals surface area (Å²) in [5, 5.41) is 15.8. The molecule has 1 amide bonds. The maximum Gasteiger partial charge on any atom is 0.270 e. The van der Waals surface area contributed by atoms with Crippen LogP contribution in [0.5, 0.6) is 0 Å². The third kappa shape index (κ3) is 5.23. The van der Waals surface area contributed by atoms with Crippen molar-refractivity contribution >= 4 is 33.0 Å². The van der Waals surface area contributed by atoms with E-state index in [-0.39, 0.29) is 11.6 Å². The number of aromatic nitrogens is 2. The molecule has 0 radical (unpaired) electrons. The Bertz CT molecular complexity index is 1360. The van der Waals surface area contributed by atoms with Crippen LogP contribution < -0.4 is 0 Å². The number of nitro groups is 1. The van der Waals surface area contributed by atoms with Gasteiger partial charge in [0.1, 0.15) is 0 Å². The molecule has 5 rings (SSSR count). The lowest BCUT2D eigenvalue weighted by Crippen LogP contribution is -2.48. The summed E-state index contributed by atoms with van der Waals surface area (Å²) in [6, 6.07) is 14.5. The number of thiophene rings is 1. The topological polar surface area (TPSA) is 106 Å². The Morgan fingerprint density at radius 2 is 1.89 bits per heavy atom. The summed E-state index contributed by atoms with van der Waals surface area (Å²) >= 11 is 1.38. The van der Waals surface area contributed by atoms with Crippen molar-refractivity contribution in [3.05, 3.63) is 75.0 Å². The van der Waals surface area contributed by atoms with Crippen molar-refractivity contribution in [2.75, 3.05) is 32.7 Å². The molecule has 1 saturated heterocycles. The molecular formula is C25H25N5O4S. The molecule has 4 aromatic rings. The van der Waals surface area contributed by atoms with Crippen LogP contribution in [-0.4, -0.2) is 63.5 Å². The van der Waals surface area contributed by atoms with Crippen LogP contribution in [0.2, 0.25) is 0 Å². The summed E-state index contributed by atoms with van der Waals surface area (Å²) in [5.74, 6) is 1.24. The Hall–Kier alpha value is -3.63. The molecule has 1 aliphatic heterocycles. The third-order valence-corrected chi connectivity index (χ3v) is 7.33. The lowest BCUT2D eigenvalue weighted by Gasteiger charge is -2.34. The number of benzene rings is 2. The molecule has 0 N–H and O–H groups in total. The van der Waals surface area contributed by atoms with E-state index in [9.17, 15) is 14.9 Å². The maximum absolute atomic E-state index is 13.0. The summed E-state index contributed by atoms with van der Waals surface area (Å²) < 4.78 is 6.29. The number of fused-ring (bicyclic) bond motifs is 1. The molecule has 2 aromatic carbocycles. The van der Waals surface area contributed by atoms with Crippen molar-refractivity contribution < 1.29 is 14.2 Å². The van der Waals surface area contributed by atoms with Gasteiger partial charge in [0.15, 0.2) is 0 Å². The molecule has 0 atom stereocenters. The quantitative estimate of drug-likeness (QED) is 0.276. The highest BCUT2D eigenvalue weighted by molar-refractivity contribution is 7.20. The van der Waals surface area contributed by atoms with Gasteiger partial charge in [-0.3, -0.25) is 19.8 Å². The monoisotopic (exact) mass is 491 g/mol. The van der Waals surface area contributed by atoms with E-state index in [2.05, 4.69) is 15.0 Å². The van der Waals surface area contributed by atoms with Crippen LogP contribution in [0.4, 0.5) is 5.69 Å². The number of hydrogen-bond acceptors (Lipinski definition) is 8. The Morgan fingerprint density at radius 3 is 2.63 bits per heavy atom. The fourth-order valence-electron chi connectivity index (χ4n) is 4.21. The summed E-state index contributed by atoms with van der Waals surface area (Å²) in [4.78, 5) is 32.9. The third-order valence-electron chi connectivity index (χ3n) is 6.22. The van der Waals surface area contributed by atoms with Gasteiger partial charge in [0.2, 0.25) is 11.7 Å². The number of nitro benzene ring substituents is 1. The molecular weight excluding hydrogens is 466 g/mol. The Morgan fingerprint density at radius 1 is 1.11 bits per heavy atom. The molecule has 0 unspecified atom stereocenters. The van der Waals surface area contributed by atoms with Gasteiger partial charge in [-0.2, -0.15) is 4.98 Å². The van der Waals surface area contributed by atoms with Gasteiger partial charge in [-0.25, -0.2) is 0 Å². The maximum atomic E-state index is 13.0. The standard InChI is InChI=1S/C25H25N5O4S/c1-17-4-6-18(7-5-17)24-26-23(34-27-24)3-2-10-28-11-13-29(14-12-28)25(31)22-16-19-15-20(30(32)33)8-9-21(19)35-22/h4-9,15-16H,2-3,10-14H2,1H3. The molecule has 1 aliphatic rings. The number of carbonyl (C=O) groups is 1. The summed E-state index contributed by atoms with van der Waals surface area (Å²) in [5.41, 5.74) is 2.17. The van der Waals surface area contributed by atoms with E-state index in [1.807, 2.05) is 36.1 Å². The van der Waals surface area contributed by atoms with E-state index in [0.717, 1.165) is 41.7 Å². The minimum absolute atomic E-state index is 0.0111. The smallest absolute Gasteiger partial charge is 0.270 e. The highest BCUT2D eigenvalue weighted by Gasteiger charge is 2.24. The Labute approximate surface area is 206 Å². The Balaban J connectivity index is 1.10. The first-order valence-electron chi connectivity index (χ1n) is 11.6. The van der Waals surface area contributed by atoms with E-state index in [1.165, 1.54) is 29.0 Å². The van der Waals surface area contributed by atoms with Crippen LogP contribution in [0.1, 0.15) is 27.5 Å². The molecule has 0 bridgehead atoms. The van der Waals surface area contributed by atoms with Crippen LogP contribution in [0.15, 0.2) is 53.1 Å². The first-order valence-corrected chi connectivity index (χ1v) is 12.4. The van der Waals surface area contributed by atoms with Crippen molar-refractivity contribution in [2.24, 2.45) is 0 Å². The number of amides is 1. The number of nitrogens with zero attached hydrogens (tertiary/aromatic N) is 5. The molecule has 0 spiro atoms. The molecule has 10 heteroatoms. The number of aryl methyl sites for hydroxylation is 2. The molecule has 3 heterocycles. The zero-order valence-corrected chi connectivity index (χ0v) is 20.2. The van der Waals surface area contributed by atoms with Crippen molar-refractivity contribution in [2.45, 2.75) is 19.8 Å². The minimum Gasteiger partial charge on any atom is -0.339 e. The SMILES string of the molecule is Cc1ccc(-c2noc(CCCN3CCN(C(=O)c4cc5cc([N+](=O)[O-])ccc5s4)CC3)n2)cc1. The number of hydrogen-bond donors (Lipinski definition) is 0. The van der Waals surface area contributed by atoms with E-state index >= 15 is 0 Å². The van der Waals surface area contributed by atoms with Crippen LogP contribution >= 0.6 is 11.3 Å². The van der Waals surface area contributed by atoms with Gasteiger partial charge in [-0.05, 0) is 32.0 Å². The fraction of sp³-hybridized carbons (Fsp3) is 0.320. The largest absolute Gasteiger partial charge is 0.339 e. The van der Waals surface area contributed by atoms with E-state index in [1.54, 1.807) is 12.1 Å². The van der Waals surface area contributed by atoms with E-state index in [4.69, 9.17) is 4.52 Å². The lowest BCUT2D eigenvalue weighted by atomic mass is 10.1. The molecule has 1 fully saturated rings. The van der Waals surface area contributed by atoms with Crippen molar-refractivity contribution in [3.8, 4) is 11.4 Å². The number of carbonyl (C=O) groups excluding carboxylic acids is 1. The molecule has 180 valence electrons. The molecule has 9 nitrogen and oxygen atoms in total. The van der Waals surface area contributed by atoms with E-state index < -0.39 is 4.92 Å². The highest BCUT2D eigenvalue weighted by atomic mass is 32.1. The average molecular weight is 492 g/mol. The minimum atomic E-state index is -0.417. The van der Waals surface area contributed by atoms with Gasteiger partial charge in [-0.1, -0.05) is 35.0 Å². The van der Waals surface area contributed by atoms with Crippen molar-refractivity contribution in [1.29, 1.82) is 0 Å². The molecule has 0 aliphatic carbocycles. The van der Waals surface area contributed by atoms with Crippen molar-refractivity contribution in [3.63, 3.8) is 0 Å².